The molecule has 0 aliphatic rings. The zero-order chi connectivity index (χ0) is 13.6. The number of fused-ring (bicyclic) bond motifs is 1. The Balaban J connectivity index is 2.21. The molecular weight excluding hydrogens is 250 g/mol. The van der Waals surface area contributed by atoms with Gasteiger partial charge in [-0.15, -0.1) is 0 Å². The molecule has 2 N–H and O–H groups in total. The molecule has 0 fully saturated rings. The van der Waals surface area contributed by atoms with Crippen LogP contribution in [0.1, 0.15) is 5.56 Å². The zero-order valence-corrected chi connectivity index (χ0v) is 10.1. The van der Waals surface area contributed by atoms with Gasteiger partial charge in [-0.2, -0.15) is 0 Å². The molecule has 0 radical (unpaired) electrons. The van der Waals surface area contributed by atoms with Crippen molar-refractivity contribution in [2.75, 3.05) is 5.73 Å². The predicted molar refractivity (Wildman–Crippen MR) is 68.5 cm³/mol. The number of hydrogen-bond donors (Lipinski definition) is 1. The first-order valence-electron chi connectivity index (χ1n) is 5.66. The van der Waals surface area contributed by atoms with Crippen LogP contribution < -0.4 is 5.73 Å². The molecule has 0 atom stereocenters. The van der Waals surface area contributed by atoms with E-state index in [9.17, 15) is 8.78 Å². The van der Waals surface area contributed by atoms with Crippen molar-refractivity contribution in [3.63, 3.8) is 0 Å². The number of aryl methyl sites for hydroxylation is 1. The van der Waals surface area contributed by atoms with Gasteiger partial charge < -0.3 is 10.2 Å². The summed E-state index contributed by atoms with van der Waals surface area (Å²) in [5, 5.41) is 0. The SMILES string of the molecule is Cc1ccc2nc(-c3cc(F)c(F)cc3N)oc2c1. The van der Waals surface area contributed by atoms with Crippen LogP contribution in [0.5, 0.6) is 0 Å². The Morgan fingerprint density at radius 1 is 1.11 bits per heavy atom. The highest BCUT2D eigenvalue weighted by Crippen LogP contribution is 2.30. The second kappa shape index (κ2) is 4.05. The third-order valence-electron chi connectivity index (χ3n) is 2.87. The predicted octanol–water partition coefficient (Wildman–Crippen LogP) is 3.66. The van der Waals surface area contributed by atoms with Gasteiger partial charge in [0.2, 0.25) is 5.89 Å². The van der Waals surface area contributed by atoms with E-state index in [4.69, 9.17) is 10.2 Å². The molecule has 96 valence electrons. The Hall–Kier alpha value is -2.43. The maximum absolute atomic E-state index is 13.3. The molecule has 3 nitrogen and oxygen atoms in total. The Kier molecular flexibility index (Phi) is 2.48. The number of benzene rings is 2. The van der Waals surface area contributed by atoms with Crippen molar-refractivity contribution in [2.24, 2.45) is 0 Å². The Labute approximate surface area is 107 Å². The largest absolute Gasteiger partial charge is 0.436 e. The maximum atomic E-state index is 13.3. The first-order valence-corrected chi connectivity index (χ1v) is 5.66. The molecule has 0 bridgehead atoms. The van der Waals surface area contributed by atoms with Gasteiger partial charge in [0.25, 0.3) is 0 Å². The third-order valence-corrected chi connectivity index (χ3v) is 2.87. The van der Waals surface area contributed by atoms with E-state index in [1.54, 1.807) is 6.07 Å². The minimum Gasteiger partial charge on any atom is -0.436 e. The number of oxazole rings is 1. The molecule has 0 aliphatic carbocycles. The standard InChI is InChI=1S/C14H10F2N2O/c1-7-2-3-12-13(4-7)19-14(18-12)8-5-9(15)10(16)6-11(8)17/h2-6H,17H2,1H3. The lowest BCUT2D eigenvalue weighted by Crippen LogP contribution is -1.94. The monoisotopic (exact) mass is 260 g/mol. The molecule has 0 unspecified atom stereocenters. The molecule has 0 saturated carbocycles. The first-order chi connectivity index (χ1) is 9.04. The molecule has 5 heteroatoms. The molecule has 3 rings (SSSR count). The summed E-state index contributed by atoms with van der Waals surface area (Å²) in [6.45, 7) is 1.92. The van der Waals surface area contributed by atoms with E-state index in [-0.39, 0.29) is 17.1 Å². The molecule has 0 spiro atoms. The van der Waals surface area contributed by atoms with Gasteiger partial charge in [0.1, 0.15) is 5.52 Å². The average Bonchev–Trinajstić information content (AvgIpc) is 2.76. The fourth-order valence-electron chi connectivity index (χ4n) is 1.89. The molecule has 0 saturated heterocycles. The fraction of sp³-hybridized carbons (Fsp3) is 0.0714. The van der Waals surface area contributed by atoms with Crippen molar-refractivity contribution in [1.82, 2.24) is 4.98 Å². The van der Waals surface area contributed by atoms with Gasteiger partial charge in [0.15, 0.2) is 17.2 Å². The van der Waals surface area contributed by atoms with Crippen LogP contribution >= 0.6 is 0 Å². The first kappa shape index (κ1) is 11.6. The summed E-state index contributed by atoms with van der Waals surface area (Å²) in [5.41, 5.74) is 8.24. The van der Waals surface area contributed by atoms with Crippen molar-refractivity contribution < 1.29 is 13.2 Å². The minimum atomic E-state index is -0.992. The molecule has 1 aromatic heterocycles. The lowest BCUT2D eigenvalue weighted by atomic mass is 10.1. The highest BCUT2D eigenvalue weighted by molar-refractivity contribution is 5.80. The van der Waals surface area contributed by atoms with Crippen LogP contribution in [0.2, 0.25) is 0 Å². The molecule has 3 aromatic rings. The lowest BCUT2D eigenvalue weighted by Gasteiger charge is -2.02. The van der Waals surface area contributed by atoms with Crippen LogP contribution in [0.4, 0.5) is 14.5 Å². The summed E-state index contributed by atoms with van der Waals surface area (Å²) in [6.07, 6.45) is 0. The summed E-state index contributed by atoms with van der Waals surface area (Å²) < 4.78 is 31.8. The van der Waals surface area contributed by atoms with Crippen LogP contribution in [0, 0.1) is 18.6 Å². The Bertz CT molecular complexity index is 780. The van der Waals surface area contributed by atoms with Crippen molar-refractivity contribution in [1.29, 1.82) is 0 Å². The van der Waals surface area contributed by atoms with E-state index < -0.39 is 11.6 Å². The van der Waals surface area contributed by atoms with Gasteiger partial charge in [-0.25, -0.2) is 13.8 Å². The van der Waals surface area contributed by atoms with Crippen LogP contribution in [-0.4, -0.2) is 4.98 Å². The summed E-state index contributed by atoms with van der Waals surface area (Å²) in [7, 11) is 0. The van der Waals surface area contributed by atoms with Crippen LogP contribution in [0.3, 0.4) is 0 Å². The summed E-state index contributed by atoms with van der Waals surface area (Å²) in [4.78, 5) is 4.22. The normalized spacial score (nSPS) is 11.1. The van der Waals surface area contributed by atoms with Gasteiger partial charge in [0, 0.05) is 11.8 Å². The zero-order valence-electron chi connectivity index (χ0n) is 10.1. The molecule has 0 aliphatic heterocycles. The Morgan fingerprint density at radius 3 is 2.63 bits per heavy atom. The van der Waals surface area contributed by atoms with E-state index in [0.717, 1.165) is 17.7 Å². The van der Waals surface area contributed by atoms with E-state index in [1.807, 2.05) is 19.1 Å². The molecule has 0 amide bonds. The van der Waals surface area contributed by atoms with Gasteiger partial charge >= 0.3 is 0 Å². The number of nitrogens with zero attached hydrogens (tertiary/aromatic N) is 1. The van der Waals surface area contributed by atoms with E-state index in [2.05, 4.69) is 4.98 Å². The number of rotatable bonds is 1. The van der Waals surface area contributed by atoms with Gasteiger partial charge in [-0.1, -0.05) is 6.07 Å². The maximum Gasteiger partial charge on any atom is 0.229 e. The van der Waals surface area contributed by atoms with Crippen molar-refractivity contribution in [2.45, 2.75) is 6.92 Å². The summed E-state index contributed by atoms with van der Waals surface area (Å²) >= 11 is 0. The van der Waals surface area contributed by atoms with Crippen LogP contribution in [0.15, 0.2) is 34.7 Å². The van der Waals surface area contributed by atoms with Crippen molar-refractivity contribution in [3.8, 4) is 11.5 Å². The quantitative estimate of drug-likeness (QED) is 0.679. The van der Waals surface area contributed by atoms with Gasteiger partial charge in [-0.05, 0) is 30.7 Å². The third kappa shape index (κ3) is 1.93. The number of hydrogen-bond acceptors (Lipinski definition) is 3. The molecule has 1 heterocycles. The summed E-state index contributed by atoms with van der Waals surface area (Å²) in [6, 6.07) is 7.42. The van der Waals surface area contributed by atoms with Crippen molar-refractivity contribution in [3.05, 3.63) is 47.5 Å². The summed E-state index contributed by atoms with van der Waals surface area (Å²) in [5.74, 6) is -1.80. The smallest absolute Gasteiger partial charge is 0.229 e. The highest BCUT2D eigenvalue weighted by Gasteiger charge is 2.14. The lowest BCUT2D eigenvalue weighted by molar-refractivity contribution is 0.508. The Morgan fingerprint density at radius 2 is 1.84 bits per heavy atom. The number of halogens is 2. The van der Waals surface area contributed by atoms with Gasteiger partial charge in [-0.3, -0.25) is 0 Å². The molecule has 2 aromatic carbocycles. The highest BCUT2D eigenvalue weighted by atomic mass is 19.2. The van der Waals surface area contributed by atoms with E-state index in [0.29, 0.717) is 11.1 Å². The second-order valence-electron chi connectivity index (χ2n) is 4.34. The molecule has 19 heavy (non-hydrogen) atoms. The number of aromatic nitrogens is 1. The van der Waals surface area contributed by atoms with E-state index in [1.165, 1.54) is 0 Å². The topological polar surface area (TPSA) is 52.0 Å². The van der Waals surface area contributed by atoms with E-state index >= 15 is 0 Å². The van der Waals surface area contributed by atoms with Crippen LogP contribution in [-0.2, 0) is 0 Å². The number of nitrogen functional groups attached to an aromatic ring is 1. The van der Waals surface area contributed by atoms with Crippen LogP contribution in [0.25, 0.3) is 22.6 Å². The fourth-order valence-corrected chi connectivity index (χ4v) is 1.89. The minimum absolute atomic E-state index is 0.0854. The number of anilines is 1. The second-order valence-corrected chi connectivity index (χ2v) is 4.34. The molecular formula is C14H10F2N2O. The average molecular weight is 260 g/mol. The van der Waals surface area contributed by atoms with Crippen molar-refractivity contribution >= 4 is 16.8 Å². The number of nitrogens with two attached hydrogens (primary N) is 1. The van der Waals surface area contributed by atoms with Gasteiger partial charge in [0.05, 0.1) is 5.56 Å².